The summed E-state index contributed by atoms with van der Waals surface area (Å²) in [6, 6.07) is 1.99. The predicted octanol–water partition coefficient (Wildman–Crippen LogP) is 2.57. The van der Waals surface area contributed by atoms with E-state index in [-0.39, 0.29) is 12.0 Å². The Bertz CT molecular complexity index is 477. The van der Waals surface area contributed by atoms with Gasteiger partial charge in [-0.2, -0.15) is 0 Å². The highest BCUT2D eigenvalue weighted by Crippen LogP contribution is 2.09. The summed E-state index contributed by atoms with van der Waals surface area (Å²) in [6.07, 6.45) is 1.56. The Hall–Kier alpha value is -1.09. The maximum Gasteiger partial charge on any atom is 0.254 e. The number of aromatic nitrogens is 1. The predicted molar refractivity (Wildman–Crippen MR) is 69.6 cm³/mol. The molecule has 0 atom stereocenters. The van der Waals surface area contributed by atoms with E-state index in [4.69, 9.17) is 11.6 Å². The molecule has 0 unspecified atom stereocenters. The van der Waals surface area contributed by atoms with Crippen molar-refractivity contribution in [2.45, 2.75) is 46.6 Å². The Morgan fingerprint density at radius 2 is 2.06 bits per heavy atom. The summed E-state index contributed by atoms with van der Waals surface area (Å²) in [7, 11) is 0. The average Bonchev–Trinajstić information content (AvgIpc) is 2.23. The molecular weight excluding hydrogens is 238 g/mol. The lowest BCUT2D eigenvalue weighted by Crippen LogP contribution is -2.27. The summed E-state index contributed by atoms with van der Waals surface area (Å²) < 4.78 is 1.76. The van der Waals surface area contributed by atoms with Gasteiger partial charge in [-0.3, -0.25) is 9.59 Å². The quantitative estimate of drug-likeness (QED) is 0.759. The molecule has 4 heteroatoms. The molecule has 3 nitrogen and oxygen atoms in total. The summed E-state index contributed by atoms with van der Waals surface area (Å²) in [6.45, 7) is 6.58. The first-order valence-corrected chi connectivity index (χ1v) is 6.23. The van der Waals surface area contributed by atoms with Crippen molar-refractivity contribution in [3.8, 4) is 0 Å². The Kier molecular flexibility index (Phi) is 4.94. The molecule has 0 aromatic carbocycles. The largest absolute Gasteiger partial charge is 0.313 e. The highest BCUT2D eigenvalue weighted by atomic mass is 35.5. The molecule has 0 amide bonds. The summed E-state index contributed by atoms with van der Waals surface area (Å²) in [4.78, 5) is 23.0. The Morgan fingerprint density at radius 3 is 2.59 bits per heavy atom. The first-order valence-electron chi connectivity index (χ1n) is 5.85. The second-order valence-electron chi connectivity index (χ2n) is 4.26. The average molecular weight is 256 g/mol. The third-order valence-corrected chi connectivity index (χ3v) is 3.04. The second-order valence-corrected chi connectivity index (χ2v) is 4.68. The second kappa shape index (κ2) is 6.01. The van der Waals surface area contributed by atoms with Crippen molar-refractivity contribution < 1.29 is 4.79 Å². The van der Waals surface area contributed by atoms with Crippen LogP contribution in [-0.4, -0.2) is 9.81 Å². The van der Waals surface area contributed by atoms with Gasteiger partial charge in [-0.15, -0.1) is 0 Å². The SMILES string of the molecule is CCCn1c(C)cc(C)c(CCC(=O)Cl)c1=O. The van der Waals surface area contributed by atoms with Gasteiger partial charge in [-0.05, 0) is 49.9 Å². The molecule has 0 radical (unpaired) electrons. The number of hydrogen-bond acceptors (Lipinski definition) is 2. The highest BCUT2D eigenvalue weighted by Gasteiger charge is 2.10. The van der Waals surface area contributed by atoms with Crippen LogP contribution in [0, 0.1) is 13.8 Å². The van der Waals surface area contributed by atoms with E-state index in [9.17, 15) is 9.59 Å². The van der Waals surface area contributed by atoms with Gasteiger partial charge in [0.2, 0.25) is 5.24 Å². The molecule has 0 aliphatic carbocycles. The minimum atomic E-state index is -0.397. The van der Waals surface area contributed by atoms with E-state index in [2.05, 4.69) is 0 Å². The van der Waals surface area contributed by atoms with E-state index < -0.39 is 5.24 Å². The lowest BCUT2D eigenvalue weighted by atomic mass is 10.1. The minimum absolute atomic E-state index is 0.0160. The van der Waals surface area contributed by atoms with Crippen LogP contribution in [0.1, 0.15) is 36.6 Å². The molecule has 0 N–H and O–H groups in total. The van der Waals surface area contributed by atoms with Gasteiger partial charge >= 0.3 is 0 Å². The number of pyridine rings is 1. The molecule has 0 saturated carbocycles. The molecular formula is C13H18ClNO2. The van der Waals surface area contributed by atoms with E-state index in [0.717, 1.165) is 17.7 Å². The first kappa shape index (κ1) is 14.0. The maximum atomic E-state index is 12.2. The fourth-order valence-electron chi connectivity index (χ4n) is 2.00. The number of rotatable bonds is 5. The Balaban J connectivity index is 3.16. The number of halogens is 1. The van der Waals surface area contributed by atoms with Crippen LogP contribution in [0.2, 0.25) is 0 Å². The van der Waals surface area contributed by atoms with Gasteiger partial charge in [-0.25, -0.2) is 0 Å². The summed E-state index contributed by atoms with van der Waals surface area (Å²) in [5, 5.41) is -0.397. The molecule has 1 rings (SSSR count). The summed E-state index contributed by atoms with van der Waals surface area (Å²) in [5.41, 5.74) is 2.63. The molecule has 94 valence electrons. The van der Waals surface area contributed by atoms with Crippen molar-refractivity contribution in [1.82, 2.24) is 4.57 Å². The third kappa shape index (κ3) is 3.43. The van der Waals surface area contributed by atoms with E-state index in [1.54, 1.807) is 4.57 Å². The fraction of sp³-hybridized carbons (Fsp3) is 0.538. The molecule has 0 bridgehead atoms. The lowest BCUT2D eigenvalue weighted by molar-refractivity contribution is -0.111. The molecule has 0 fully saturated rings. The number of carbonyl (C=O) groups excluding carboxylic acids is 1. The van der Waals surface area contributed by atoms with Crippen molar-refractivity contribution in [1.29, 1.82) is 0 Å². The van der Waals surface area contributed by atoms with Gasteiger partial charge in [0.1, 0.15) is 0 Å². The van der Waals surface area contributed by atoms with Crippen LogP contribution in [0.3, 0.4) is 0 Å². The van der Waals surface area contributed by atoms with Crippen LogP contribution in [0.15, 0.2) is 10.9 Å². The van der Waals surface area contributed by atoms with Crippen molar-refractivity contribution in [2.24, 2.45) is 0 Å². The fourth-order valence-corrected chi connectivity index (χ4v) is 2.09. The molecule has 0 aliphatic rings. The topological polar surface area (TPSA) is 39.1 Å². The highest BCUT2D eigenvalue weighted by molar-refractivity contribution is 6.63. The maximum absolute atomic E-state index is 12.2. The number of aryl methyl sites for hydroxylation is 2. The van der Waals surface area contributed by atoms with Crippen LogP contribution >= 0.6 is 11.6 Å². The Morgan fingerprint density at radius 1 is 1.41 bits per heavy atom. The zero-order valence-corrected chi connectivity index (χ0v) is 11.3. The van der Waals surface area contributed by atoms with E-state index in [1.165, 1.54) is 0 Å². The molecule has 1 aromatic rings. The number of carbonyl (C=O) groups is 1. The van der Waals surface area contributed by atoms with Crippen LogP contribution in [0.25, 0.3) is 0 Å². The zero-order valence-electron chi connectivity index (χ0n) is 10.5. The van der Waals surface area contributed by atoms with Crippen molar-refractivity contribution in [2.75, 3.05) is 0 Å². The lowest BCUT2D eigenvalue weighted by Gasteiger charge is -2.13. The van der Waals surface area contributed by atoms with Gasteiger partial charge in [-0.1, -0.05) is 6.92 Å². The number of hydrogen-bond donors (Lipinski definition) is 0. The number of nitrogens with zero attached hydrogens (tertiary/aromatic N) is 1. The first-order chi connectivity index (χ1) is 7.97. The molecule has 0 aliphatic heterocycles. The van der Waals surface area contributed by atoms with Gasteiger partial charge < -0.3 is 4.57 Å². The van der Waals surface area contributed by atoms with Crippen molar-refractivity contribution >= 4 is 16.8 Å². The van der Waals surface area contributed by atoms with Gasteiger partial charge in [0.25, 0.3) is 5.56 Å². The molecule has 17 heavy (non-hydrogen) atoms. The van der Waals surface area contributed by atoms with Crippen LogP contribution < -0.4 is 5.56 Å². The minimum Gasteiger partial charge on any atom is -0.313 e. The van der Waals surface area contributed by atoms with Crippen LogP contribution in [0.5, 0.6) is 0 Å². The molecule has 1 heterocycles. The van der Waals surface area contributed by atoms with Gasteiger partial charge in [0.15, 0.2) is 0 Å². The van der Waals surface area contributed by atoms with E-state index in [1.807, 2.05) is 26.8 Å². The summed E-state index contributed by atoms with van der Waals surface area (Å²) in [5.74, 6) is 0. The Labute approximate surface area is 106 Å². The van der Waals surface area contributed by atoms with Gasteiger partial charge in [0.05, 0.1) is 0 Å². The monoisotopic (exact) mass is 255 g/mol. The third-order valence-electron chi connectivity index (χ3n) is 2.85. The standard InChI is InChI=1S/C13H18ClNO2/c1-4-7-15-10(3)8-9(2)11(13(15)17)5-6-12(14)16/h8H,4-7H2,1-3H3. The molecule has 1 aromatic heterocycles. The molecule has 0 saturated heterocycles. The summed E-state index contributed by atoms with van der Waals surface area (Å²) >= 11 is 5.32. The van der Waals surface area contributed by atoms with E-state index in [0.29, 0.717) is 18.5 Å². The van der Waals surface area contributed by atoms with Gasteiger partial charge in [0, 0.05) is 24.2 Å². The van der Waals surface area contributed by atoms with Crippen LogP contribution in [-0.2, 0) is 17.8 Å². The van der Waals surface area contributed by atoms with E-state index >= 15 is 0 Å². The molecule has 0 spiro atoms. The zero-order chi connectivity index (χ0) is 13.0. The normalized spacial score (nSPS) is 10.6. The van der Waals surface area contributed by atoms with Crippen LogP contribution in [0.4, 0.5) is 0 Å². The van der Waals surface area contributed by atoms with Crippen molar-refractivity contribution in [3.05, 3.63) is 33.2 Å². The van der Waals surface area contributed by atoms with Crippen molar-refractivity contribution in [3.63, 3.8) is 0 Å². The smallest absolute Gasteiger partial charge is 0.254 e.